The Bertz CT molecular complexity index is 937. The van der Waals surface area contributed by atoms with Crippen LogP contribution in [0.15, 0.2) is 54.6 Å². The number of benzene rings is 2. The fraction of sp³-hybridized carbons (Fsp3) is 0.462. The van der Waals surface area contributed by atoms with Crippen molar-refractivity contribution in [2.24, 2.45) is 0 Å². The minimum atomic E-state index is -0.987. The molecule has 1 atom stereocenters. The zero-order chi connectivity index (χ0) is 23.9. The fourth-order valence-corrected chi connectivity index (χ4v) is 4.44. The second kappa shape index (κ2) is 11.4. The number of carboxylic acids is 1. The SMILES string of the molecule is CC(Oc1ccc(N2CCN(C(=O)CN3CCN(Cc4ccccc4)CC3)CC2)cc1)C(=O)O. The van der Waals surface area contributed by atoms with E-state index >= 15 is 0 Å². The van der Waals surface area contributed by atoms with Crippen molar-refractivity contribution in [3.05, 3.63) is 60.2 Å². The molecule has 8 nitrogen and oxygen atoms in total. The minimum absolute atomic E-state index is 0.211. The number of nitrogens with zero attached hydrogens (tertiary/aromatic N) is 4. The predicted octanol–water partition coefficient (Wildman–Crippen LogP) is 2.00. The first-order chi connectivity index (χ1) is 16.5. The summed E-state index contributed by atoms with van der Waals surface area (Å²) in [5.41, 5.74) is 2.39. The number of carboxylic acid groups (broad SMARTS) is 1. The van der Waals surface area contributed by atoms with Gasteiger partial charge < -0.3 is 19.6 Å². The van der Waals surface area contributed by atoms with Gasteiger partial charge in [-0.25, -0.2) is 4.79 Å². The number of carbonyl (C=O) groups excluding carboxylic acids is 1. The quantitative estimate of drug-likeness (QED) is 0.638. The van der Waals surface area contributed by atoms with Crippen molar-refractivity contribution in [3.63, 3.8) is 0 Å². The Kier molecular flexibility index (Phi) is 8.03. The van der Waals surface area contributed by atoms with Crippen LogP contribution < -0.4 is 9.64 Å². The first-order valence-corrected chi connectivity index (χ1v) is 12.0. The molecule has 0 radical (unpaired) electrons. The van der Waals surface area contributed by atoms with Crippen molar-refractivity contribution in [3.8, 4) is 5.75 Å². The number of anilines is 1. The van der Waals surface area contributed by atoms with Crippen LogP contribution in [0.3, 0.4) is 0 Å². The zero-order valence-electron chi connectivity index (χ0n) is 19.8. The Morgan fingerprint density at radius 2 is 1.47 bits per heavy atom. The van der Waals surface area contributed by atoms with Crippen LogP contribution >= 0.6 is 0 Å². The van der Waals surface area contributed by atoms with E-state index in [1.165, 1.54) is 12.5 Å². The molecule has 34 heavy (non-hydrogen) atoms. The van der Waals surface area contributed by atoms with E-state index in [9.17, 15) is 9.59 Å². The Morgan fingerprint density at radius 1 is 0.853 bits per heavy atom. The molecule has 2 aromatic rings. The molecular weight excluding hydrogens is 432 g/mol. The molecule has 1 N–H and O–H groups in total. The van der Waals surface area contributed by atoms with E-state index in [2.05, 4.69) is 39.0 Å². The molecule has 182 valence electrons. The molecule has 0 aromatic heterocycles. The van der Waals surface area contributed by atoms with E-state index in [0.29, 0.717) is 25.4 Å². The zero-order valence-corrected chi connectivity index (χ0v) is 19.8. The second-order valence-corrected chi connectivity index (χ2v) is 9.00. The summed E-state index contributed by atoms with van der Waals surface area (Å²) in [5.74, 6) is -0.238. The van der Waals surface area contributed by atoms with Crippen LogP contribution in [0, 0.1) is 0 Å². The Labute approximate surface area is 201 Å². The van der Waals surface area contributed by atoms with Gasteiger partial charge in [0.2, 0.25) is 5.91 Å². The number of amides is 1. The third-order valence-electron chi connectivity index (χ3n) is 6.57. The molecule has 1 unspecified atom stereocenters. The van der Waals surface area contributed by atoms with Crippen LogP contribution in [0.5, 0.6) is 5.75 Å². The molecule has 2 saturated heterocycles. The Hall–Kier alpha value is -3.10. The largest absolute Gasteiger partial charge is 0.479 e. The highest BCUT2D eigenvalue weighted by Crippen LogP contribution is 2.22. The minimum Gasteiger partial charge on any atom is -0.479 e. The van der Waals surface area contributed by atoms with Crippen LogP contribution in [0.1, 0.15) is 12.5 Å². The molecule has 0 aliphatic carbocycles. The van der Waals surface area contributed by atoms with Gasteiger partial charge in [0, 0.05) is 64.6 Å². The molecule has 4 rings (SSSR count). The van der Waals surface area contributed by atoms with Crippen LogP contribution in [-0.4, -0.2) is 96.7 Å². The van der Waals surface area contributed by atoms with Crippen LogP contribution in [0.4, 0.5) is 5.69 Å². The van der Waals surface area contributed by atoms with Crippen LogP contribution in [-0.2, 0) is 16.1 Å². The summed E-state index contributed by atoms with van der Waals surface area (Å²) in [6, 6.07) is 18.0. The normalized spacial score (nSPS) is 18.5. The highest BCUT2D eigenvalue weighted by molar-refractivity contribution is 5.78. The fourth-order valence-electron chi connectivity index (χ4n) is 4.44. The monoisotopic (exact) mass is 466 g/mol. The lowest BCUT2D eigenvalue weighted by molar-refractivity contribution is -0.144. The maximum atomic E-state index is 12.9. The first-order valence-electron chi connectivity index (χ1n) is 12.0. The third kappa shape index (κ3) is 6.48. The summed E-state index contributed by atoms with van der Waals surface area (Å²) in [4.78, 5) is 32.8. The van der Waals surface area contributed by atoms with Crippen molar-refractivity contribution < 1.29 is 19.4 Å². The number of carbonyl (C=O) groups is 2. The molecule has 2 aromatic carbocycles. The number of hydrogen-bond acceptors (Lipinski definition) is 6. The van der Waals surface area contributed by atoms with E-state index in [1.807, 2.05) is 23.1 Å². The predicted molar refractivity (Wildman–Crippen MR) is 131 cm³/mol. The number of ether oxygens (including phenoxy) is 1. The van der Waals surface area contributed by atoms with Gasteiger partial charge in [-0.3, -0.25) is 14.6 Å². The smallest absolute Gasteiger partial charge is 0.344 e. The molecule has 2 aliphatic heterocycles. The highest BCUT2D eigenvalue weighted by atomic mass is 16.5. The molecule has 2 fully saturated rings. The van der Waals surface area contributed by atoms with Crippen molar-refractivity contribution in [1.82, 2.24) is 14.7 Å². The van der Waals surface area contributed by atoms with Crippen LogP contribution in [0.25, 0.3) is 0 Å². The third-order valence-corrected chi connectivity index (χ3v) is 6.57. The summed E-state index contributed by atoms with van der Waals surface area (Å²) < 4.78 is 5.40. The molecule has 2 heterocycles. The van der Waals surface area contributed by atoms with E-state index < -0.39 is 12.1 Å². The number of piperazine rings is 2. The summed E-state index contributed by atoms with van der Waals surface area (Å²) >= 11 is 0. The van der Waals surface area contributed by atoms with Gasteiger partial charge in [0.05, 0.1) is 6.54 Å². The average Bonchev–Trinajstić information content (AvgIpc) is 2.86. The topological polar surface area (TPSA) is 76.6 Å². The van der Waals surface area contributed by atoms with Gasteiger partial charge >= 0.3 is 5.97 Å². The molecule has 0 bridgehead atoms. The molecule has 0 spiro atoms. The van der Waals surface area contributed by atoms with Gasteiger partial charge in [-0.15, -0.1) is 0 Å². The van der Waals surface area contributed by atoms with Gasteiger partial charge in [-0.2, -0.15) is 0 Å². The van der Waals surface area contributed by atoms with Gasteiger partial charge in [-0.1, -0.05) is 30.3 Å². The van der Waals surface area contributed by atoms with E-state index in [0.717, 1.165) is 51.5 Å². The number of rotatable bonds is 8. The standard InChI is InChI=1S/C26H34N4O4/c1-21(26(32)33)34-24-9-7-23(8-10-24)29-15-17-30(18-16-29)25(31)20-28-13-11-27(12-14-28)19-22-5-3-2-4-6-22/h2-10,21H,11-20H2,1H3,(H,32,33). The molecule has 2 aliphatic rings. The Morgan fingerprint density at radius 3 is 2.09 bits per heavy atom. The number of aliphatic carboxylic acids is 1. The first kappa shape index (κ1) is 24.0. The van der Waals surface area contributed by atoms with E-state index in [4.69, 9.17) is 9.84 Å². The van der Waals surface area contributed by atoms with Crippen molar-refractivity contribution >= 4 is 17.6 Å². The van der Waals surface area contributed by atoms with Crippen molar-refractivity contribution in [1.29, 1.82) is 0 Å². The van der Waals surface area contributed by atoms with Gasteiger partial charge in [0.15, 0.2) is 6.10 Å². The summed E-state index contributed by atoms with van der Waals surface area (Å²) in [7, 11) is 0. The lowest BCUT2D eigenvalue weighted by atomic mass is 10.2. The van der Waals surface area contributed by atoms with E-state index in [1.54, 1.807) is 12.1 Å². The Balaban J connectivity index is 1.18. The van der Waals surface area contributed by atoms with Gasteiger partial charge in [-0.05, 0) is 36.8 Å². The molecular formula is C26H34N4O4. The van der Waals surface area contributed by atoms with Gasteiger partial charge in [0.25, 0.3) is 0 Å². The maximum Gasteiger partial charge on any atom is 0.344 e. The van der Waals surface area contributed by atoms with Crippen molar-refractivity contribution in [2.45, 2.75) is 19.6 Å². The van der Waals surface area contributed by atoms with E-state index in [-0.39, 0.29) is 5.91 Å². The van der Waals surface area contributed by atoms with Crippen LogP contribution in [0.2, 0.25) is 0 Å². The average molecular weight is 467 g/mol. The molecule has 8 heteroatoms. The summed E-state index contributed by atoms with van der Waals surface area (Å²) in [6.07, 6.45) is -0.882. The van der Waals surface area contributed by atoms with Gasteiger partial charge in [0.1, 0.15) is 5.75 Å². The van der Waals surface area contributed by atoms with Crippen molar-refractivity contribution in [2.75, 3.05) is 63.8 Å². The molecule has 1 amide bonds. The lowest BCUT2D eigenvalue weighted by Crippen LogP contribution is -2.53. The second-order valence-electron chi connectivity index (χ2n) is 9.00. The highest BCUT2D eigenvalue weighted by Gasteiger charge is 2.25. The maximum absolute atomic E-state index is 12.9. The summed E-state index contributed by atoms with van der Waals surface area (Å²) in [6.45, 7) is 9.77. The summed E-state index contributed by atoms with van der Waals surface area (Å²) in [5, 5.41) is 8.97. The molecule has 0 saturated carbocycles. The number of hydrogen-bond donors (Lipinski definition) is 1. The lowest BCUT2D eigenvalue weighted by Gasteiger charge is -2.38.